The molecule has 0 aliphatic heterocycles. The summed E-state index contributed by atoms with van der Waals surface area (Å²) in [6.45, 7) is 0.262. The molecule has 3 rings (SSSR count). The number of nitrogens with zero attached hydrogens (tertiary/aromatic N) is 5. The van der Waals surface area contributed by atoms with Crippen molar-refractivity contribution in [1.82, 2.24) is 30.2 Å². The maximum absolute atomic E-state index is 12.3. The number of H-pyrrole nitrogens is 1. The van der Waals surface area contributed by atoms with E-state index in [0.29, 0.717) is 0 Å². The first kappa shape index (κ1) is 16.1. The lowest BCUT2D eigenvalue weighted by Gasteiger charge is -2.05. The number of ketones is 1. The molecule has 0 spiro atoms. The van der Waals surface area contributed by atoms with Crippen LogP contribution in [0, 0.1) is 0 Å². The van der Waals surface area contributed by atoms with Crippen LogP contribution in [0.25, 0.3) is 5.76 Å². The van der Waals surface area contributed by atoms with E-state index in [-0.39, 0.29) is 23.6 Å². The largest absolute Gasteiger partial charge is 0.504 e. The van der Waals surface area contributed by atoms with E-state index in [1.54, 1.807) is 24.5 Å². The van der Waals surface area contributed by atoms with E-state index < -0.39 is 17.5 Å². The van der Waals surface area contributed by atoms with E-state index in [1.807, 2.05) is 0 Å². The zero-order valence-corrected chi connectivity index (χ0v) is 12.7. The van der Waals surface area contributed by atoms with Crippen LogP contribution in [0.5, 0.6) is 0 Å². The van der Waals surface area contributed by atoms with Crippen molar-refractivity contribution in [2.24, 2.45) is 0 Å². The molecule has 3 N–H and O–H groups in total. The standard InChI is InChI=1S/C15H12N6O4/c22-12(6-13(23)14-17-19-20-18-14)10-5-11(15(24)25)21(8-10)7-9-1-3-16-4-2-9/h1-6,8,23H,7H2,(H,24,25)(H,17,18,19,20). The number of carbonyl (C=O) groups excluding carboxylic acids is 1. The van der Waals surface area contributed by atoms with E-state index in [1.165, 1.54) is 16.8 Å². The second-order valence-electron chi connectivity index (χ2n) is 5.03. The van der Waals surface area contributed by atoms with Crippen LogP contribution in [-0.2, 0) is 6.54 Å². The highest BCUT2D eigenvalue weighted by atomic mass is 16.4. The molecule has 0 aromatic carbocycles. The fourth-order valence-electron chi connectivity index (χ4n) is 2.18. The Morgan fingerprint density at radius 3 is 2.64 bits per heavy atom. The van der Waals surface area contributed by atoms with Gasteiger partial charge in [-0.3, -0.25) is 9.78 Å². The van der Waals surface area contributed by atoms with Gasteiger partial charge < -0.3 is 14.8 Å². The molecular weight excluding hydrogens is 328 g/mol. The third-order valence-corrected chi connectivity index (χ3v) is 3.34. The van der Waals surface area contributed by atoms with Crippen molar-refractivity contribution in [1.29, 1.82) is 0 Å². The van der Waals surface area contributed by atoms with Crippen molar-refractivity contribution in [2.75, 3.05) is 0 Å². The van der Waals surface area contributed by atoms with E-state index in [2.05, 4.69) is 25.6 Å². The van der Waals surface area contributed by atoms with Crippen LogP contribution >= 0.6 is 0 Å². The first-order valence-electron chi connectivity index (χ1n) is 7.06. The second kappa shape index (κ2) is 6.74. The highest BCUT2D eigenvalue weighted by Gasteiger charge is 2.17. The van der Waals surface area contributed by atoms with Crippen LogP contribution < -0.4 is 0 Å². The number of pyridine rings is 1. The van der Waals surface area contributed by atoms with Crippen molar-refractivity contribution >= 4 is 17.5 Å². The number of nitrogens with one attached hydrogen (secondary N) is 1. The highest BCUT2D eigenvalue weighted by molar-refractivity contribution is 6.08. The number of aromatic carboxylic acids is 1. The van der Waals surface area contributed by atoms with Gasteiger partial charge in [0, 0.05) is 36.8 Å². The first-order valence-corrected chi connectivity index (χ1v) is 7.06. The molecule has 3 heterocycles. The molecule has 0 saturated heterocycles. The number of hydrogen-bond acceptors (Lipinski definition) is 7. The number of rotatable bonds is 6. The lowest BCUT2D eigenvalue weighted by atomic mass is 10.2. The van der Waals surface area contributed by atoms with E-state index in [9.17, 15) is 19.8 Å². The summed E-state index contributed by atoms with van der Waals surface area (Å²) in [6.07, 6.45) is 5.50. The third kappa shape index (κ3) is 3.58. The Bertz CT molecular complexity index is 930. The number of tetrazole rings is 1. The van der Waals surface area contributed by atoms with Gasteiger partial charge in [0.25, 0.3) is 0 Å². The summed E-state index contributed by atoms with van der Waals surface area (Å²) in [5.41, 5.74) is 0.895. The van der Waals surface area contributed by atoms with Gasteiger partial charge in [-0.25, -0.2) is 4.79 Å². The Morgan fingerprint density at radius 1 is 1.24 bits per heavy atom. The average Bonchev–Trinajstić information content (AvgIpc) is 3.25. The molecule has 0 radical (unpaired) electrons. The maximum atomic E-state index is 12.3. The monoisotopic (exact) mass is 340 g/mol. The normalized spacial score (nSPS) is 11.4. The zero-order chi connectivity index (χ0) is 17.8. The molecule has 0 unspecified atom stereocenters. The van der Waals surface area contributed by atoms with Crippen LogP contribution in [0.1, 0.15) is 32.2 Å². The minimum Gasteiger partial charge on any atom is -0.504 e. The Balaban J connectivity index is 1.90. The summed E-state index contributed by atoms with van der Waals surface area (Å²) in [7, 11) is 0. The van der Waals surface area contributed by atoms with Gasteiger partial charge in [-0.15, -0.1) is 10.2 Å². The molecule has 10 heteroatoms. The van der Waals surface area contributed by atoms with Gasteiger partial charge in [-0.1, -0.05) is 0 Å². The predicted molar refractivity (Wildman–Crippen MR) is 83.8 cm³/mol. The molecule has 0 bridgehead atoms. The van der Waals surface area contributed by atoms with Gasteiger partial charge in [0.15, 0.2) is 11.5 Å². The summed E-state index contributed by atoms with van der Waals surface area (Å²) in [5.74, 6) is -2.36. The quantitative estimate of drug-likeness (QED) is 0.341. The summed E-state index contributed by atoms with van der Waals surface area (Å²) >= 11 is 0. The summed E-state index contributed by atoms with van der Waals surface area (Å²) in [6, 6.07) is 4.73. The lowest BCUT2D eigenvalue weighted by Crippen LogP contribution is -2.08. The van der Waals surface area contributed by atoms with Gasteiger partial charge in [0.1, 0.15) is 5.69 Å². The number of hydrogen-bond donors (Lipinski definition) is 3. The molecule has 3 aromatic rings. The minimum atomic E-state index is -1.17. The fourth-order valence-corrected chi connectivity index (χ4v) is 2.18. The number of carboxylic acids is 1. The van der Waals surface area contributed by atoms with Gasteiger partial charge in [0.2, 0.25) is 5.82 Å². The Hall–Kier alpha value is -3.82. The molecule has 3 aromatic heterocycles. The maximum Gasteiger partial charge on any atom is 0.352 e. The van der Waals surface area contributed by atoms with Crippen LogP contribution in [0.2, 0.25) is 0 Å². The van der Waals surface area contributed by atoms with Gasteiger partial charge in [-0.2, -0.15) is 5.21 Å². The number of aromatic nitrogens is 6. The molecule has 25 heavy (non-hydrogen) atoms. The Morgan fingerprint density at radius 2 is 2.00 bits per heavy atom. The fraction of sp³-hybridized carbons (Fsp3) is 0.0667. The van der Waals surface area contributed by atoms with E-state index >= 15 is 0 Å². The smallest absolute Gasteiger partial charge is 0.352 e. The number of aliphatic hydroxyl groups is 1. The van der Waals surface area contributed by atoms with Crippen molar-refractivity contribution < 1.29 is 19.8 Å². The molecule has 0 amide bonds. The summed E-state index contributed by atoms with van der Waals surface area (Å²) in [4.78, 5) is 27.6. The van der Waals surface area contributed by atoms with Crippen LogP contribution in [0.4, 0.5) is 0 Å². The molecule has 126 valence electrons. The van der Waals surface area contributed by atoms with Crippen molar-refractivity contribution in [2.45, 2.75) is 6.54 Å². The second-order valence-corrected chi connectivity index (χ2v) is 5.03. The molecule has 0 saturated carbocycles. The molecule has 0 aliphatic carbocycles. The van der Waals surface area contributed by atoms with Crippen molar-refractivity contribution in [3.8, 4) is 0 Å². The van der Waals surface area contributed by atoms with Crippen LogP contribution in [-0.4, -0.2) is 52.1 Å². The molecule has 0 fully saturated rings. The first-order chi connectivity index (χ1) is 12.0. The topological polar surface area (TPSA) is 147 Å². The Kier molecular flexibility index (Phi) is 4.33. The molecule has 10 nitrogen and oxygen atoms in total. The van der Waals surface area contributed by atoms with Crippen LogP contribution in [0.3, 0.4) is 0 Å². The van der Waals surface area contributed by atoms with Gasteiger partial charge >= 0.3 is 5.97 Å². The molecule has 0 atom stereocenters. The third-order valence-electron chi connectivity index (χ3n) is 3.34. The SMILES string of the molecule is O=C(C=C(O)c1nn[nH]n1)c1cc(C(=O)O)n(Cc2ccncc2)c1. The molecular formula is C15H12N6O4. The number of carboxylic acid groups (broad SMARTS) is 1. The summed E-state index contributed by atoms with van der Waals surface area (Å²) < 4.78 is 1.43. The van der Waals surface area contributed by atoms with Gasteiger partial charge in [0.05, 0.1) is 0 Å². The van der Waals surface area contributed by atoms with E-state index in [4.69, 9.17) is 0 Å². The van der Waals surface area contributed by atoms with E-state index in [0.717, 1.165) is 11.6 Å². The zero-order valence-electron chi connectivity index (χ0n) is 12.7. The van der Waals surface area contributed by atoms with Crippen LogP contribution in [0.15, 0.2) is 42.9 Å². The number of carbonyl (C=O) groups is 2. The van der Waals surface area contributed by atoms with Gasteiger partial charge in [-0.05, 0) is 29.0 Å². The minimum absolute atomic E-state index is 0.0485. The number of allylic oxidation sites excluding steroid dienone is 1. The highest BCUT2D eigenvalue weighted by Crippen LogP contribution is 2.15. The van der Waals surface area contributed by atoms with Crippen molar-refractivity contribution in [3.63, 3.8) is 0 Å². The van der Waals surface area contributed by atoms with Crippen molar-refractivity contribution in [3.05, 3.63) is 65.5 Å². The Labute approximate surface area is 140 Å². The lowest BCUT2D eigenvalue weighted by molar-refractivity contribution is 0.0685. The average molecular weight is 340 g/mol. The predicted octanol–water partition coefficient (Wildman–Crippen LogP) is 0.924. The summed E-state index contributed by atoms with van der Waals surface area (Å²) in [5, 5.41) is 31.6. The number of aliphatic hydroxyl groups excluding tert-OH is 1. The molecule has 0 aliphatic rings. The number of aromatic amines is 1.